The van der Waals surface area contributed by atoms with Crippen molar-refractivity contribution in [2.24, 2.45) is 0 Å². The first kappa shape index (κ1) is 14.0. The normalized spacial score (nSPS) is 19.7. The molecule has 1 heterocycles. The first-order valence-corrected chi connectivity index (χ1v) is 7.52. The molecule has 1 aliphatic heterocycles. The van der Waals surface area contributed by atoms with E-state index in [0.29, 0.717) is 6.04 Å². The molecule has 1 aliphatic rings. The summed E-state index contributed by atoms with van der Waals surface area (Å²) in [6, 6.07) is 17.4. The number of hydrogen-bond donors (Lipinski definition) is 1. The van der Waals surface area contributed by atoms with Gasteiger partial charge in [0.2, 0.25) is 0 Å². The lowest BCUT2D eigenvalue weighted by molar-refractivity contribution is 0.269. The number of nitrogen functional groups attached to an aromatic ring is 1. The van der Waals surface area contributed by atoms with Gasteiger partial charge in [-0.05, 0) is 37.2 Å². The predicted molar refractivity (Wildman–Crippen MR) is 89.6 cm³/mol. The van der Waals surface area contributed by atoms with Crippen molar-refractivity contribution in [3.05, 3.63) is 59.7 Å². The van der Waals surface area contributed by atoms with E-state index in [2.05, 4.69) is 66.2 Å². The SMILES string of the molecule is Cc1c(N)cccc1N1CCN(C)CC1c1ccccc1. The zero-order chi connectivity index (χ0) is 14.8. The number of benzene rings is 2. The van der Waals surface area contributed by atoms with Gasteiger partial charge >= 0.3 is 0 Å². The van der Waals surface area contributed by atoms with Crippen molar-refractivity contribution in [3.8, 4) is 0 Å². The number of nitrogens with two attached hydrogens (primary N) is 1. The summed E-state index contributed by atoms with van der Waals surface area (Å²) < 4.78 is 0. The maximum absolute atomic E-state index is 6.10. The predicted octanol–water partition coefficient (Wildman–Crippen LogP) is 3.07. The fraction of sp³-hybridized carbons (Fsp3) is 0.333. The molecule has 3 nitrogen and oxygen atoms in total. The lowest BCUT2D eigenvalue weighted by Gasteiger charge is -2.42. The van der Waals surface area contributed by atoms with Crippen LogP contribution in [0.1, 0.15) is 17.2 Å². The fourth-order valence-electron chi connectivity index (χ4n) is 3.12. The van der Waals surface area contributed by atoms with Crippen molar-refractivity contribution in [3.63, 3.8) is 0 Å². The lowest BCUT2D eigenvalue weighted by atomic mass is 10.00. The Kier molecular flexibility index (Phi) is 3.84. The summed E-state index contributed by atoms with van der Waals surface area (Å²) in [5, 5.41) is 0. The second kappa shape index (κ2) is 5.78. The largest absolute Gasteiger partial charge is 0.398 e. The van der Waals surface area contributed by atoms with Crippen LogP contribution in [0.15, 0.2) is 48.5 Å². The molecule has 110 valence electrons. The first-order chi connectivity index (χ1) is 10.2. The summed E-state index contributed by atoms with van der Waals surface area (Å²) in [4.78, 5) is 4.90. The minimum Gasteiger partial charge on any atom is -0.398 e. The maximum Gasteiger partial charge on any atom is 0.0670 e. The minimum atomic E-state index is 0.380. The molecular weight excluding hydrogens is 258 g/mol. The van der Waals surface area contributed by atoms with Crippen LogP contribution in [0.5, 0.6) is 0 Å². The van der Waals surface area contributed by atoms with Gasteiger partial charge in [0.25, 0.3) is 0 Å². The molecule has 3 heteroatoms. The third-order valence-electron chi connectivity index (χ3n) is 4.42. The average molecular weight is 281 g/mol. The number of hydrogen-bond acceptors (Lipinski definition) is 3. The monoisotopic (exact) mass is 281 g/mol. The Bertz CT molecular complexity index is 609. The van der Waals surface area contributed by atoms with Crippen LogP contribution in [-0.2, 0) is 0 Å². The number of rotatable bonds is 2. The van der Waals surface area contributed by atoms with E-state index >= 15 is 0 Å². The van der Waals surface area contributed by atoms with Gasteiger partial charge in [0.15, 0.2) is 0 Å². The van der Waals surface area contributed by atoms with Gasteiger partial charge in [-0.15, -0.1) is 0 Å². The van der Waals surface area contributed by atoms with Gasteiger partial charge in [-0.1, -0.05) is 36.4 Å². The highest BCUT2D eigenvalue weighted by atomic mass is 15.3. The maximum atomic E-state index is 6.10. The highest BCUT2D eigenvalue weighted by Gasteiger charge is 2.27. The van der Waals surface area contributed by atoms with E-state index in [1.54, 1.807) is 0 Å². The van der Waals surface area contributed by atoms with Gasteiger partial charge < -0.3 is 15.5 Å². The van der Waals surface area contributed by atoms with Gasteiger partial charge in [-0.3, -0.25) is 0 Å². The summed E-state index contributed by atoms with van der Waals surface area (Å²) >= 11 is 0. The van der Waals surface area contributed by atoms with E-state index in [9.17, 15) is 0 Å². The van der Waals surface area contributed by atoms with Crippen LogP contribution >= 0.6 is 0 Å². The van der Waals surface area contributed by atoms with Crippen molar-refractivity contribution >= 4 is 11.4 Å². The summed E-state index contributed by atoms with van der Waals surface area (Å²) in [5.74, 6) is 0. The average Bonchev–Trinajstić information content (AvgIpc) is 2.51. The number of anilines is 2. The molecule has 1 fully saturated rings. The highest BCUT2D eigenvalue weighted by molar-refractivity contribution is 5.65. The van der Waals surface area contributed by atoms with Gasteiger partial charge in [0.1, 0.15) is 0 Å². The van der Waals surface area contributed by atoms with Crippen LogP contribution in [0.4, 0.5) is 11.4 Å². The van der Waals surface area contributed by atoms with Crippen LogP contribution < -0.4 is 10.6 Å². The molecule has 21 heavy (non-hydrogen) atoms. The van der Waals surface area contributed by atoms with Gasteiger partial charge in [0, 0.05) is 31.0 Å². The molecule has 1 saturated heterocycles. The smallest absolute Gasteiger partial charge is 0.0670 e. The Morgan fingerprint density at radius 1 is 1.00 bits per heavy atom. The van der Waals surface area contributed by atoms with Crippen molar-refractivity contribution in [2.75, 3.05) is 37.3 Å². The van der Waals surface area contributed by atoms with Crippen LogP contribution in [0, 0.1) is 6.92 Å². The molecule has 0 spiro atoms. The summed E-state index contributed by atoms with van der Waals surface area (Å²) in [6.07, 6.45) is 0. The topological polar surface area (TPSA) is 32.5 Å². The third kappa shape index (κ3) is 2.74. The molecule has 2 aromatic carbocycles. The van der Waals surface area contributed by atoms with Crippen LogP contribution in [0.2, 0.25) is 0 Å². The first-order valence-electron chi connectivity index (χ1n) is 7.52. The van der Waals surface area contributed by atoms with Crippen molar-refractivity contribution < 1.29 is 0 Å². The molecule has 0 aliphatic carbocycles. The molecule has 0 aromatic heterocycles. The van der Waals surface area contributed by atoms with Crippen molar-refractivity contribution in [2.45, 2.75) is 13.0 Å². The number of likely N-dealkylation sites (N-methyl/N-ethyl adjacent to an activating group) is 1. The van der Waals surface area contributed by atoms with E-state index in [0.717, 1.165) is 25.3 Å². The lowest BCUT2D eigenvalue weighted by Crippen LogP contribution is -2.47. The number of piperazine rings is 1. The van der Waals surface area contributed by atoms with Gasteiger partial charge in [-0.2, -0.15) is 0 Å². The molecule has 1 atom stereocenters. The molecule has 0 radical (unpaired) electrons. The van der Waals surface area contributed by atoms with Crippen molar-refractivity contribution in [1.82, 2.24) is 4.90 Å². The van der Waals surface area contributed by atoms with E-state index in [-0.39, 0.29) is 0 Å². The second-order valence-electron chi connectivity index (χ2n) is 5.87. The molecule has 0 saturated carbocycles. The van der Waals surface area contributed by atoms with Crippen LogP contribution in [-0.4, -0.2) is 31.6 Å². The standard InChI is InChI=1S/C18H23N3/c1-14-16(19)9-6-10-17(14)21-12-11-20(2)13-18(21)15-7-4-3-5-8-15/h3-10,18H,11-13,19H2,1-2H3. The Morgan fingerprint density at radius 2 is 1.76 bits per heavy atom. The third-order valence-corrected chi connectivity index (χ3v) is 4.42. The molecule has 2 N–H and O–H groups in total. The molecule has 2 aromatic rings. The van der Waals surface area contributed by atoms with E-state index in [1.807, 2.05) is 6.07 Å². The van der Waals surface area contributed by atoms with Crippen LogP contribution in [0.25, 0.3) is 0 Å². The summed E-state index contributed by atoms with van der Waals surface area (Å²) in [7, 11) is 2.19. The van der Waals surface area contributed by atoms with Gasteiger partial charge in [-0.25, -0.2) is 0 Å². The Hall–Kier alpha value is -2.00. The Morgan fingerprint density at radius 3 is 2.52 bits per heavy atom. The minimum absolute atomic E-state index is 0.380. The molecule has 3 rings (SSSR count). The fourth-order valence-corrected chi connectivity index (χ4v) is 3.12. The zero-order valence-electron chi connectivity index (χ0n) is 12.8. The summed E-state index contributed by atoms with van der Waals surface area (Å²) in [5.41, 5.74) is 10.8. The number of nitrogens with zero attached hydrogens (tertiary/aromatic N) is 2. The zero-order valence-corrected chi connectivity index (χ0v) is 12.8. The Balaban J connectivity index is 2.00. The Labute approximate surface area is 127 Å². The highest BCUT2D eigenvalue weighted by Crippen LogP contribution is 2.34. The summed E-state index contributed by atoms with van der Waals surface area (Å²) in [6.45, 7) is 5.27. The quantitative estimate of drug-likeness (QED) is 0.859. The molecular formula is C18H23N3. The second-order valence-corrected chi connectivity index (χ2v) is 5.87. The van der Waals surface area contributed by atoms with Gasteiger partial charge in [0.05, 0.1) is 6.04 Å². The van der Waals surface area contributed by atoms with E-state index in [1.165, 1.54) is 16.8 Å². The molecule has 0 bridgehead atoms. The molecule has 0 amide bonds. The van der Waals surface area contributed by atoms with E-state index in [4.69, 9.17) is 5.73 Å². The van der Waals surface area contributed by atoms with E-state index < -0.39 is 0 Å². The van der Waals surface area contributed by atoms with Crippen LogP contribution in [0.3, 0.4) is 0 Å². The molecule has 1 unspecified atom stereocenters. The van der Waals surface area contributed by atoms with Crippen molar-refractivity contribution in [1.29, 1.82) is 0 Å².